The molecule has 1 amide bonds. The zero-order valence-electron chi connectivity index (χ0n) is 17.9. The van der Waals surface area contributed by atoms with Gasteiger partial charge in [0, 0.05) is 35.4 Å². The number of carbonyl (C=O) groups is 2. The second-order valence-electron chi connectivity index (χ2n) is 7.86. The van der Waals surface area contributed by atoms with Gasteiger partial charge in [0.15, 0.2) is 0 Å². The number of nitrogens with two attached hydrogens (primary N) is 1. The normalized spacial score (nSPS) is 18.4. The van der Waals surface area contributed by atoms with E-state index in [0.29, 0.717) is 16.9 Å². The molecule has 9 nitrogen and oxygen atoms in total. The van der Waals surface area contributed by atoms with Gasteiger partial charge >= 0.3 is 5.97 Å². The number of carbonyl (C=O) groups excluding carboxylic acids is 2. The highest BCUT2D eigenvalue weighted by atomic mass is 16.5. The molecule has 0 unspecified atom stereocenters. The Hall–Kier alpha value is -4.40. The maximum Gasteiger partial charge on any atom is 0.340 e. The summed E-state index contributed by atoms with van der Waals surface area (Å²) in [4.78, 5) is 44.6. The van der Waals surface area contributed by atoms with E-state index in [1.165, 1.54) is 11.7 Å². The molecule has 0 saturated carbocycles. The van der Waals surface area contributed by atoms with Crippen LogP contribution in [-0.4, -0.2) is 28.5 Å². The first-order valence-corrected chi connectivity index (χ1v) is 10.2. The number of nitrogens with zero attached hydrogens (tertiary/aromatic N) is 2. The number of benzene rings is 1. The number of methoxy groups -OCH3 is 1. The van der Waals surface area contributed by atoms with Gasteiger partial charge in [-0.25, -0.2) is 4.79 Å². The van der Waals surface area contributed by atoms with Gasteiger partial charge in [0.25, 0.3) is 5.56 Å². The van der Waals surface area contributed by atoms with Crippen LogP contribution >= 0.6 is 0 Å². The van der Waals surface area contributed by atoms with Crippen LogP contribution in [0, 0.1) is 6.92 Å². The first-order valence-electron chi connectivity index (χ1n) is 10.2. The van der Waals surface area contributed by atoms with E-state index in [2.05, 4.69) is 10.3 Å². The molecule has 1 atom stereocenters. The number of fused-ring (bicyclic) bond motifs is 4. The average Bonchev–Trinajstić information content (AvgIpc) is 3.08. The number of amides is 1. The van der Waals surface area contributed by atoms with Crippen LogP contribution in [-0.2, 0) is 26.3 Å². The Morgan fingerprint density at radius 1 is 1.24 bits per heavy atom. The lowest BCUT2D eigenvalue weighted by molar-refractivity contribution is -0.138. The van der Waals surface area contributed by atoms with Crippen molar-refractivity contribution in [2.24, 2.45) is 5.73 Å². The monoisotopic (exact) mass is 444 g/mol. The molecule has 0 fully saturated rings. The molecular formula is C24H20N4O5. The maximum absolute atomic E-state index is 14.0. The number of aryl methyl sites for hydroxylation is 1. The Balaban J connectivity index is 1.86. The number of rotatable bonds is 3. The number of aromatic nitrogens is 2. The molecule has 3 N–H and O–H groups in total. The van der Waals surface area contributed by atoms with Crippen molar-refractivity contribution in [2.75, 3.05) is 12.4 Å². The molecular weight excluding hydrogens is 424 g/mol. The van der Waals surface area contributed by atoms with Crippen LogP contribution in [0.3, 0.4) is 0 Å². The zero-order chi connectivity index (χ0) is 23.3. The summed E-state index contributed by atoms with van der Waals surface area (Å²) < 4.78 is 12.2. The van der Waals surface area contributed by atoms with Crippen LogP contribution < -0.4 is 21.3 Å². The molecule has 0 radical (unpaired) electrons. The fourth-order valence-corrected chi connectivity index (χ4v) is 4.63. The molecule has 5 rings (SSSR count). The molecule has 0 aliphatic carbocycles. The quantitative estimate of drug-likeness (QED) is 0.588. The van der Waals surface area contributed by atoms with Crippen molar-refractivity contribution >= 4 is 17.6 Å². The highest BCUT2D eigenvalue weighted by molar-refractivity contribution is 6.17. The minimum absolute atomic E-state index is 0.00837. The van der Waals surface area contributed by atoms with Crippen LogP contribution in [0.1, 0.15) is 22.4 Å². The Labute approximate surface area is 188 Å². The largest absolute Gasteiger partial charge is 0.465 e. The summed E-state index contributed by atoms with van der Waals surface area (Å²) >= 11 is 0. The van der Waals surface area contributed by atoms with Crippen LogP contribution in [0.25, 0.3) is 0 Å². The van der Waals surface area contributed by atoms with Crippen molar-refractivity contribution in [1.82, 2.24) is 9.55 Å². The van der Waals surface area contributed by atoms with E-state index >= 15 is 0 Å². The lowest BCUT2D eigenvalue weighted by atomic mass is 9.68. The molecule has 0 bridgehead atoms. The van der Waals surface area contributed by atoms with E-state index in [9.17, 15) is 14.4 Å². The number of anilines is 1. The highest BCUT2D eigenvalue weighted by Crippen LogP contribution is 2.52. The first kappa shape index (κ1) is 20.5. The van der Waals surface area contributed by atoms with Crippen molar-refractivity contribution < 1.29 is 19.1 Å². The lowest BCUT2D eigenvalue weighted by Gasteiger charge is -2.35. The Morgan fingerprint density at radius 2 is 2.03 bits per heavy atom. The van der Waals surface area contributed by atoms with Crippen LogP contribution in [0.15, 0.2) is 71.1 Å². The number of nitrogens with one attached hydrogen (secondary N) is 1. The molecule has 9 heteroatoms. The molecule has 4 heterocycles. The Kier molecular flexibility index (Phi) is 4.56. The van der Waals surface area contributed by atoms with Gasteiger partial charge in [-0.3, -0.25) is 14.6 Å². The number of ether oxygens (including phenoxy) is 2. The SMILES string of the molecule is COC(=O)C1=C(N)Oc2cc(C)n(Cc3cccnc3)c(=O)c2[C@]12C(=O)Nc1ccccc12. The minimum Gasteiger partial charge on any atom is -0.465 e. The van der Waals surface area contributed by atoms with Gasteiger partial charge in [-0.15, -0.1) is 0 Å². The van der Waals surface area contributed by atoms with Gasteiger partial charge in [-0.05, 0) is 24.6 Å². The number of para-hydroxylation sites is 1. The highest BCUT2D eigenvalue weighted by Gasteiger charge is 2.60. The molecule has 1 spiro atoms. The Morgan fingerprint density at radius 3 is 2.76 bits per heavy atom. The van der Waals surface area contributed by atoms with Gasteiger partial charge in [-0.1, -0.05) is 24.3 Å². The van der Waals surface area contributed by atoms with Crippen molar-refractivity contribution in [2.45, 2.75) is 18.9 Å². The van der Waals surface area contributed by atoms with Crippen LogP contribution in [0.4, 0.5) is 5.69 Å². The van der Waals surface area contributed by atoms with Gasteiger partial charge < -0.3 is 25.1 Å². The molecule has 1 aromatic carbocycles. The molecule has 166 valence electrons. The molecule has 3 aromatic rings. The van der Waals surface area contributed by atoms with Crippen molar-refractivity contribution in [3.8, 4) is 5.75 Å². The van der Waals surface area contributed by atoms with Crippen molar-refractivity contribution in [3.63, 3.8) is 0 Å². The predicted molar refractivity (Wildman–Crippen MR) is 118 cm³/mol. The molecule has 2 aliphatic rings. The second-order valence-corrected chi connectivity index (χ2v) is 7.86. The number of esters is 1. The smallest absolute Gasteiger partial charge is 0.340 e. The summed E-state index contributed by atoms with van der Waals surface area (Å²) in [5.41, 5.74) is 5.95. The minimum atomic E-state index is -1.82. The third-order valence-corrected chi connectivity index (χ3v) is 6.06. The predicted octanol–water partition coefficient (Wildman–Crippen LogP) is 1.57. The summed E-state index contributed by atoms with van der Waals surface area (Å²) in [7, 11) is 1.18. The zero-order valence-corrected chi connectivity index (χ0v) is 17.9. The second kappa shape index (κ2) is 7.33. The summed E-state index contributed by atoms with van der Waals surface area (Å²) in [5, 5.41) is 2.79. The fourth-order valence-electron chi connectivity index (χ4n) is 4.63. The van der Waals surface area contributed by atoms with Crippen molar-refractivity contribution in [1.29, 1.82) is 0 Å². The van der Waals surface area contributed by atoms with Crippen LogP contribution in [0.5, 0.6) is 5.75 Å². The third kappa shape index (κ3) is 2.78. The Bertz CT molecular complexity index is 1410. The van der Waals surface area contributed by atoms with Gasteiger partial charge in [0.1, 0.15) is 16.7 Å². The third-order valence-electron chi connectivity index (χ3n) is 6.06. The number of hydrogen-bond acceptors (Lipinski definition) is 7. The molecule has 0 saturated heterocycles. The summed E-state index contributed by atoms with van der Waals surface area (Å²) in [6, 6.07) is 12.1. The van der Waals surface area contributed by atoms with E-state index in [1.54, 1.807) is 55.7 Å². The van der Waals surface area contributed by atoms with E-state index in [0.717, 1.165) is 5.56 Å². The summed E-state index contributed by atoms with van der Waals surface area (Å²) in [6.45, 7) is 1.98. The number of pyridine rings is 2. The molecule has 2 aliphatic heterocycles. The van der Waals surface area contributed by atoms with Gasteiger partial charge in [0.2, 0.25) is 11.8 Å². The lowest BCUT2D eigenvalue weighted by Crippen LogP contribution is -2.50. The average molecular weight is 444 g/mol. The van der Waals surface area contributed by atoms with Crippen molar-refractivity contribution in [3.05, 3.63) is 99.1 Å². The van der Waals surface area contributed by atoms with Gasteiger partial charge in [-0.2, -0.15) is 0 Å². The standard InChI is InChI=1S/C24H20N4O5/c1-13-10-17-18(21(29)28(13)12-14-6-5-9-26-11-14)24(19(20(25)33-17)22(30)32-2)15-7-3-4-8-16(15)27-23(24)31/h3-11H,12,25H2,1-2H3,(H,27,31)/t24-/m0/s1. The van der Waals surface area contributed by atoms with E-state index in [-0.39, 0.29) is 29.3 Å². The number of hydrogen-bond donors (Lipinski definition) is 2. The maximum atomic E-state index is 14.0. The van der Waals surface area contributed by atoms with Crippen LogP contribution in [0.2, 0.25) is 0 Å². The van der Waals surface area contributed by atoms with Gasteiger partial charge in [0.05, 0.1) is 19.2 Å². The van der Waals surface area contributed by atoms with E-state index in [1.807, 2.05) is 6.07 Å². The van der Waals surface area contributed by atoms with E-state index < -0.39 is 22.9 Å². The summed E-state index contributed by atoms with van der Waals surface area (Å²) in [6.07, 6.45) is 3.30. The van der Waals surface area contributed by atoms with E-state index in [4.69, 9.17) is 15.2 Å². The topological polar surface area (TPSA) is 126 Å². The fraction of sp³-hybridized carbons (Fsp3) is 0.167. The molecule has 33 heavy (non-hydrogen) atoms. The first-order chi connectivity index (χ1) is 15.9. The molecule has 2 aromatic heterocycles. The summed E-state index contributed by atoms with van der Waals surface area (Å²) in [5.74, 6) is -1.60.